The van der Waals surface area contributed by atoms with Crippen LogP contribution in [-0.2, 0) is 12.1 Å². The average Bonchev–Trinajstić information content (AvgIpc) is 3.27. The predicted molar refractivity (Wildman–Crippen MR) is 125 cm³/mol. The van der Waals surface area contributed by atoms with Crippen LogP contribution < -0.4 is 5.73 Å². The first kappa shape index (κ1) is 24.6. The lowest BCUT2D eigenvalue weighted by molar-refractivity contribution is -0.270. The highest BCUT2D eigenvalue weighted by Crippen LogP contribution is 2.41. The number of nitrogens with two attached hydrogens (primary N) is 1. The molecule has 7 nitrogen and oxygen atoms in total. The molecule has 1 amide bonds. The van der Waals surface area contributed by atoms with Crippen molar-refractivity contribution in [2.75, 3.05) is 0 Å². The molecule has 182 valence electrons. The van der Waals surface area contributed by atoms with Crippen molar-refractivity contribution < 1.29 is 23.1 Å². The zero-order valence-corrected chi connectivity index (χ0v) is 19.3. The molecule has 0 saturated heterocycles. The molecular weight excluding hydrogens is 483 g/mol. The fraction of sp³-hybridized carbons (Fsp3) is 0.250. The number of pyridine rings is 1. The summed E-state index contributed by atoms with van der Waals surface area (Å²) in [6.07, 6.45) is -4.23. The summed E-state index contributed by atoms with van der Waals surface area (Å²) >= 11 is 5.99. The van der Waals surface area contributed by atoms with E-state index in [0.29, 0.717) is 16.1 Å². The highest BCUT2D eigenvalue weighted by Gasteiger charge is 2.56. The number of rotatable bonds is 7. The number of carbonyl (C=O) groups is 1. The van der Waals surface area contributed by atoms with Gasteiger partial charge < -0.3 is 10.8 Å². The molecule has 0 unspecified atom stereocenters. The first-order valence-corrected chi connectivity index (χ1v) is 11.1. The predicted octanol–water partition coefficient (Wildman–Crippen LogP) is 4.84. The topological polar surface area (TPSA) is 107 Å². The largest absolute Gasteiger partial charge is 0.423 e. The minimum Gasteiger partial charge on any atom is -0.375 e. The number of aliphatic hydroxyl groups is 1. The second-order valence-corrected chi connectivity index (χ2v) is 8.62. The molecule has 4 aromatic rings. The van der Waals surface area contributed by atoms with Gasteiger partial charge in [0.1, 0.15) is 11.4 Å². The number of benzene rings is 2. The van der Waals surface area contributed by atoms with Crippen LogP contribution in [0.25, 0.3) is 22.0 Å². The van der Waals surface area contributed by atoms with E-state index in [1.807, 2.05) is 12.1 Å². The van der Waals surface area contributed by atoms with Gasteiger partial charge in [0.2, 0.25) is 5.60 Å². The molecule has 0 bridgehead atoms. The van der Waals surface area contributed by atoms with Crippen molar-refractivity contribution in [3.05, 3.63) is 76.7 Å². The molecule has 0 fully saturated rings. The molecule has 0 aliphatic rings. The molecule has 2 aromatic heterocycles. The Morgan fingerprint density at radius 3 is 2.49 bits per heavy atom. The summed E-state index contributed by atoms with van der Waals surface area (Å²) in [6, 6.07) is 13.9. The molecule has 4 rings (SSSR count). The lowest BCUT2D eigenvalue weighted by atomic mass is 9.94. The van der Waals surface area contributed by atoms with Gasteiger partial charge in [0.05, 0.1) is 18.3 Å². The summed E-state index contributed by atoms with van der Waals surface area (Å²) in [4.78, 5) is 16.2. The monoisotopic (exact) mass is 503 g/mol. The van der Waals surface area contributed by atoms with Crippen molar-refractivity contribution in [2.24, 2.45) is 5.73 Å². The van der Waals surface area contributed by atoms with Crippen LogP contribution in [0.15, 0.2) is 54.7 Å². The number of hydrogen-bond donors (Lipinski definition) is 2. The maximum Gasteiger partial charge on any atom is 0.423 e. The van der Waals surface area contributed by atoms with Gasteiger partial charge >= 0.3 is 6.18 Å². The Labute approximate surface area is 203 Å². The molecule has 0 radical (unpaired) electrons. The zero-order valence-electron chi connectivity index (χ0n) is 18.6. The van der Waals surface area contributed by atoms with Gasteiger partial charge in [-0.1, -0.05) is 54.4 Å². The van der Waals surface area contributed by atoms with Crippen LogP contribution in [0.1, 0.15) is 41.5 Å². The minimum atomic E-state index is -4.89. The standard InChI is InChI=1S/C24H21ClF3N5O2/c1-2-9-23(35,24(26,27)28)21-13-33(32-31-21)12-14-3-8-17-18(15-4-6-16(25)7-5-15)11-20(22(29)34)30-19(17)10-14/h3-8,10-11,13,35H,2,9,12H2,1H3,(H2,29,34)/t23-/m0/s1. The number of alkyl halides is 3. The van der Waals surface area contributed by atoms with Gasteiger partial charge in [-0.25, -0.2) is 9.67 Å². The first-order valence-electron chi connectivity index (χ1n) is 10.7. The van der Waals surface area contributed by atoms with Crippen LogP contribution in [0.5, 0.6) is 0 Å². The van der Waals surface area contributed by atoms with Crippen molar-refractivity contribution in [2.45, 2.75) is 38.1 Å². The Hall–Kier alpha value is -3.50. The molecule has 0 aliphatic carbocycles. The van der Waals surface area contributed by atoms with Crippen LogP contribution in [0, 0.1) is 0 Å². The Kier molecular flexibility index (Phi) is 6.52. The number of fused-ring (bicyclic) bond motifs is 1. The van der Waals surface area contributed by atoms with Gasteiger partial charge in [0, 0.05) is 10.4 Å². The summed E-state index contributed by atoms with van der Waals surface area (Å²) in [5.74, 6) is -0.698. The van der Waals surface area contributed by atoms with E-state index >= 15 is 0 Å². The molecule has 35 heavy (non-hydrogen) atoms. The van der Waals surface area contributed by atoms with Gasteiger partial charge in [-0.3, -0.25) is 4.79 Å². The van der Waals surface area contributed by atoms with E-state index < -0.39 is 29.8 Å². The minimum absolute atomic E-state index is 0.0671. The van der Waals surface area contributed by atoms with E-state index in [1.165, 1.54) is 4.68 Å². The number of carbonyl (C=O) groups excluding carboxylic acids is 1. The Morgan fingerprint density at radius 1 is 1.14 bits per heavy atom. The van der Waals surface area contributed by atoms with E-state index in [-0.39, 0.29) is 18.7 Å². The van der Waals surface area contributed by atoms with E-state index in [1.54, 1.807) is 43.3 Å². The van der Waals surface area contributed by atoms with E-state index in [0.717, 1.165) is 22.7 Å². The fourth-order valence-corrected chi connectivity index (χ4v) is 4.02. The molecule has 11 heteroatoms. The average molecular weight is 504 g/mol. The van der Waals surface area contributed by atoms with Crippen LogP contribution >= 0.6 is 11.6 Å². The molecular formula is C24H21ClF3N5O2. The van der Waals surface area contributed by atoms with Crippen molar-refractivity contribution in [3.8, 4) is 11.1 Å². The van der Waals surface area contributed by atoms with Gasteiger partial charge in [-0.05, 0) is 47.4 Å². The summed E-state index contributed by atoms with van der Waals surface area (Å²) in [6.45, 7) is 1.61. The molecule has 0 saturated carbocycles. The Morgan fingerprint density at radius 2 is 1.86 bits per heavy atom. The smallest absolute Gasteiger partial charge is 0.375 e. The maximum absolute atomic E-state index is 13.5. The summed E-state index contributed by atoms with van der Waals surface area (Å²) in [7, 11) is 0. The lowest BCUT2D eigenvalue weighted by Gasteiger charge is -2.27. The summed E-state index contributed by atoms with van der Waals surface area (Å²) in [5.41, 5.74) is 4.57. The van der Waals surface area contributed by atoms with Crippen molar-refractivity contribution in [1.82, 2.24) is 20.0 Å². The molecule has 2 heterocycles. The van der Waals surface area contributed by atoms with Crippen LogP contribution in [0.4, 0.5) is 13.2 Å². The first-order chi connectivity index (χ1) is 16.5. The number of nitrogens with zero attached hydrogens (tertiary/aromatic N) is 4. The normalized spacial score (nSPS) is 13.7. The van der Waals surface area contributed by atoms with E-state index in [2.05, 4.69) is 15.3 Å². The maximum atomic E-state index is 13.5. The van der Waals surface area contributed by atoms with Gasteiger partial charge in [-0.15, -0.1) is 5.10 Å². The van der Waals surface area contributed by atoms with Crippen molar-refractivity contribution in [1.29, 1.82) is 0 Å². The second kappa shape index (κ2) is 9.27. The second-order valence-electron chi connectivity index (χ2n) is 8.19. The van der Waals surface area contributed by atoms with E-state index in [4.69, 9.17) is 17.3 Å². The van der Waals surface area contributed by atoms with Crippen LogP contribution in [0.3, 0.4) is 0 Å². The Balaban J connectivity index is 1.72. The number of halogens is 4. The van der Waals surface area contributed by atoms with E-state index in [9.17, 15) is 23.1 Å². The highest BCUT2D eigenvalue weighted by molar-refractivity contribution is 6.30. The molecule has 0 spiro atoms. The molecule has 2 aromatic carbocycles. The third-order valence-electron chi connectivity index (χ3n) is 5.67. The summed E-state index contributed by atoms with van der Waals surface area (Å²) < 4.78 is 41.7. The third kappa shape index (κ3) is 4.85. The van der Waals surface area contributed by atoms with Crippen molar-refractivity contribution in [3.63, 3.8) is 0 Å². The van der Waals surface area contributed by atoms with Gasteiger partial charge in [-0.2, -0.15) is 13.2 Å². The number of hydrogen-bond acceptors (Lipinski definition) is 5. The number of primary amides is 1. The lowest BCUT2D eigenvalue weighted by Crippen LogP contribution is -2.42. The third-order valence-corrected chi connectivity index (χ3v) is 5.92. The fourth-order valence-electron chi connectivity index (χ4n) is 3.90. The number of amides is 1. The van der Waals surface area contributed by atoms with Crippen LogP contribution in [0.2, 0.25) is 5.02 Å². The molecule has 1 atom stereocenters. The van der Waals surface area contributed by atoms with Crippen LogP contribution in [-0.4, -0.2) is 37.2 Å². The number of aromatic nitrogens is 4. The Bertz CT molecular complexity index is 1390. The van der Waals surface area contributed by atoms with Crippen molar-refractivity contribution >= 4 is 28.4 Å². The zero-order chi connectivity index (χ0) is 25.4. The van der Waals surface area contributed by atoms with Gasteiger partial charge in [0.25, 0.3) is 5.91 Å². The molecule has 0 aliphatic heterocycles. The quantitative estimate of drug-likeness (QED) is 0.375. The summed E-state index contributed by atoms with van der Waals surface area (Å²) in [5, 5.41) is 18.9. The molecule has 3 N–H and O–H groups in total. The SMILES string of the molecule is CCC[C@](O)(c1cn(Cc2ccc3c(-c4ccc(Cl)cc4)cc(C(N)=O)nc3c2)nn1)C(F)(F)F. The highest BCUT2D eigenvalue weighted by atomic mass is 35.5. The van der Waals surface area contributed by atoms with Gasteiger partial charge in [0.15, 0.2) is 0 Å².